The van der Waals surface area contributed by atoms with Crippen molar-refractivity contribution < 1.29 is 14.4 Å². The van der Waals surface area contributed by atoms with Crippen molar-refractivity contribution in [3.63, 3.8) is 0 Å². The summed E-state index contributed by atoms with van der Waals surface area (Å²) in [7, 11) is 0. The summed E-state index contributed by atoms with van der Waals surface area (Å²) in [5, 5.41) is 9.97. The molecular weight excluding hydrogens is 456 g/mol. The standard InChI is InChI=1S/C27H50N6O3/c1-5-6-9-13-26(3,32-16-10-14-28-15-17-32)24(35)30-27(4,25(36)29-23-11-7-8-12-23)33-20-18-31(19-21-33)22(2)34/h23,28H,5-21H2,1-4H3,(H,29,36)(H,30,35). The van der Waals surface area contributed by atoms with Crippen LogP contribution in [0.2, 0.25) is 0 Å². The Balaban J connectivity index is 1.83. The van der Waals surface area contributed by atoms with E-state index in [1.807, 2.05) is 11.8 Å². The lowest BCUT2D eigenvalue weighted by Gasteiger charge is -2.47. The van der Waals surface area contributed by atoms with Crippen molar-refractivity contribution in [1.82, 2.24) is 30.7 Å². The van der Waals surface area contributed by atoms with Crippen molar-refractivity contribution in [2.24, 2.45) is 0 Å². The number of carbonyl (C=O) groups is 3. The zero-order chi connectivity index (χ0) is 26.2. The third kappa shape index (κ3) is 6.98. The van der Waals surface area contributed by atoms with Gasteiger partial charge >= 0.3 is 0 Å². The van der Waals surface area contributed by atoms with Crippen LogP contribution in [0.5, 0.6) is 0 Å². The molecule has 3 rings (SSSR count). The number of hydrogen-bond donors (Lipinski definition) is 3. The van der Waals surface area contributed by atoms with E-state index in [0.717, 1.165) is 84.0 Å². The second kappa shape index (κ2) is 13.2. The predicted molar refractivity (Wildman–Crippen MR) is 142 cm³/mol. The van der Waals surface area contributed by atoms with Gasteiger partial charge in [0.2, 0.25) is 11.8 Å². The fraction of sp³-hybridized carbons (Fsp3) is 0.889. The van der Waals surface area contributed by atoms with Gasteiger partial charge < -0.3 is 20.9 Å². The van der Waals surface area contributed by atoms with Crippen molar-refractivity contribution >= 4 is 17.7 Å². The number of rotatable bonds is 10. The first-order chi connectivity index (χ1) is 17.2. The molecule has 0 spiro atoms. The molecule has 3 fully saturated rings. The quantitative estimate of drug-likeness (QED) is 0.390. The van der Waals surface area contributed by atoms with Gasteiger partial charge in [-0.2, -0.15) is 0 Å². The summed E-state index contributed by atoms with van der Waals surface area (Å²) >= 11 is 0. The van der Waals surface area contributed by atoms with Gasteiger partial charge in [0.25, 0.3) is 5.91 Å². The molecule has 2 atom stereocenters. The molecule has 0 aromatic heterocycles. The van der Waals surface area contributed by atoms with Crippen LogP contribution in [0.4, 0.5) is 0 Å². The molecule has 2 unspecified atom stereocenters. The van der Waals surface area contributed by atoms with Gasteiger partial charge in [0.15, 0.2) is 5.66 Å². The summed E-state index contributed by atoms with van der Waals surface area (Å²) in [4.78, 5) is 46.1. The Morgan fingerprint density at radius 1 is 0.861 bits per heavy atom. The maximum atomic E-state index is 14.2. The smallest absolute Gasteiger partial charge is 0.261 e. The van der Waals surface area contributed by atoms with Crippen LogP contribution in [0, 0.1) is 0 Å². The molecule has 3 aliphatic rings. The van der Waals surface area contributed by atoms with E-state index >= 15 is 0 Å². The van der Waals surface area contributed by atoms with E-state index in [0.29, 0.717) is 26.2 Å². The molecule has 9 nitrogen and oxygen atoms in total. The number of nitrogens with one attached hydrogen (secondary N) is 3. The van der Waals surface area contributed by atoms with E-state index in [1.54, 1.807) is 6.92 Å². The lowest BCUT2D eigenvalue weighted by molar-refractivity contribution is -0.149. The molecule has 1 saturated carbocycles. The monoisotopic (exact) mass is 506 g/mol. The van der Waals surface area contributed by atoms with Crippen molar-refractivity contribution in [3.8, 4) is 0 Å². The molecule has 0 aromatic rings. The number of nitrogens with zero attached hydrogens (tertiary/aromatic N) is 3. The van der Waals surface area contributed by atoms with E-state index < -0.39 is 11.2 Å². The number of amides is 3. The van der Waals surface area contributed by atoms with Crippen molar-refractivity contribution in [2.75, 3.05) is 52.4 Å². The highest BCUT2D eigenvalue weighted by molar-refractivity contribution is 5.94. The molecule has 36 heavy (non-hydrogen) atoms. The fourth-order valence-corrected chi connectivity index (χ4v) is 5.97. The molecule has 3 amide bonds. The van der Waals surface area contributed by atoms with E-state index in [9.17, 15) is 14.4 Å². The van der Waals surface area contributed by atoms with Crippen molar-refractivity contribution in [1.29, 1.82) is 0 Å². The minimum absolute atomic E-state index is 0.0501. The van der Waals surface area contributed by atoms with Crippen molar-refractivity contribution in [2.45, 2.75) is 103 Å². The lowest BCUT2D eigenvalue weighted by atomic mass is 9.89. The molecule has 206 valence electrons. The topological polar surface area (TPSA) is 97.0 Å². The number of carbonyl (C=O) groups excluding carboxylic acids is 3. The van der Waals surface area contributed by atoms with E-state index in [1.165, 1.54) is 0 Å². The molecular formula is C27H50N6O3. The summed E-state index contributed by atoms with van der Waals surface area (Å²) in [6, 6.07) is 0.167. The zero-order valence-corrected chi connectivity index (χ0v) is 23.2. The highest BCUT2D eigenvalue weighted by atomic mass is 16.2. The van der Waals surface area contributed by atoms with Crippen molar-refractivity contribution in [3.05, 3.63) is 0 Å². The van der Waals surface area contributed by atoms with E-state index in [-0.39, 0.29) is 23.8 Å². The van der Waals surface area contributed by atoms with E-state index in [4.69, 9.17) is 0 Å². The van der Waals surface area contributed by atoms with Gasteiger partial charge in [0.05, 0.1) is 5.54 Å². The van der Waals surface area contributed by atoms with Crippen LogP contribution in [-0.2, 0) is 14.4 Å². The first-order valence-corrected chi connectivity index (χ1v) is 14.3. The lowest BCUT2D eigenvalue weighted by Crippen LogP contribution is -2.73. The Bertz CT molecular complexity index is 742. The predicted octanol–water partition coefficient (Wildman–Crippen LogP) is 1.68. The molecule has 2 aliphatic heterocycles. The van der Waals surface area contributed by atoms with Crippen LogP contribution in [0.3, 0.4) is 0 Å². The Morgan fingerprint density at radius 2 is 1.56 bits per heavy atom. The third-order valence-electron chi connectivity index (χ3n) is 8.64. The summed E-state index contributed by atoms with van der Waals surface area (Å²) in [6.07, 6.45) is 9.17. The second-order valence-electron chi connectivity index (χ2n) is 11.3. The average molecular weight is 507 g/mol. The molecule has 3 N–H and O–H groups in total. The van der Waals surface area contributed by atoms with Crippen LogP contribution < -0.4 is 16.0 Å². The second-order valence-corrected chi connectivity index (χ2v) is 11.3. The third-order valence-corrected chi connectivity index (χ3v) is 8.64. The molecule has 1 aliphatic carbocycles. The van der Waals surface area contributed by atoms with Gasteiger partial charge in [-0.05, 0) is 46.1 Å². The normalized spacial score (nSPS) is 23.9. The maximum Gasteiger partial charge on any atom is 0.261 e. The van der Waals surface area contributed by atoms with Gasteiger partial charge in [-0.15, -0.1) is 0 Å². The largest absolute Gasteiger partial charge is 0.350 e. The fourth-order valence-electron chi connectivity index (χ4n) is 5.97. The summed E-state index contributed by atoms with van der Waals surface area (Å²) < 4.78 is 0. The van der Waals surface area contributed by atoms with Gasteiger partial charge in [-0.1, -0.05) is 39.0 Å². The summed E-state index contributed by atoms with van der Waals surface area (Å²) in [5.41, 5.74) is -1.85. The highest BCUT2D eigenvalue weighted by Gasteiger charge is 2.48. The van der Waals surface area contributed by atoms with Gasteiger partial charge in [0, 0.05) is 58.8 Å². The van der Waals surface area contributed by atoms with Crippen LogP contribution in [0.25, 0.3) is 0 Å². The van der Waals surface area contributed by atoms with E-state index in [2.05, 4.69) is 39.6 Å². The first kappa shape index (κ1) is 28.9. The molecule has 0 bridgehead atoms. The van der Waals surface area contributed by atoms with Gasteiger partial charge in [-0.25, -0.2) is 0 Å². The highest BCUT2D eigenvalue weighted by Crippen LogP contribution is 2.27. The minimum atomic E-state index is -1.17. The van der Waals surface area contributed by atoms with Gasteiger partial charge in [0.1, 0.15) is 0 Å². The Labute approximate surface area is 218 Å². The molecule has 2 saturated heterocycles. The number of piperazine rings is 1. The zero-order valence-electron chi connectivity index (χ0n) is 23.2. The minimum Gasteiger partial charge on any atom is -0.350 e. The number of unbranched alkanes of at least 4 members (excludes halogenated alkanes) is 2. The summed E-state index contributed by atoms with van der Waals surface area (Å²) in [6.45, 7) is 13.4. The Hall–Kier alpha value is -1.71. The van der Waals surface area contributed by atoms with Crippen LogP contribution in [0.1, 0.15) is 85.5 Å². The molecule has 0 aromatic carbocycles. The average Bonchev–Trinajstić information content (AvgIpc) is 3.22. The van der Waals surface area contributed by atoms with Crippen LogP contribution in [0.15, 0.2) is 0 Å². The molecule has 0 radical (unpaired) electrons. The van der Waals surface area contributed by atoms with Gasteiger partial charge in [-0.3, -0.25) is 24.2 Å². The van der Waals surface area contributed by atoms with Crippen LogP contribution in [-0.4, -0.2) is 102 Å². The Morgan fingerprint density at radius 3 is 2.19 bits per heavy atom. The molecule has 2 heterocycles. The van der Waals surface area contributed by atoms with Crippen LogP contribution >= 0.6 is 0 Å². The maximum absolute atomic E-state index is 14.2. The SMILES string of the molecule is CCCCCC(C)(C(=O)NC(C)(C(=O)NC1CCCC1)N1CCN(C(C)=O)CC1)N1CCCNCC1. The molecule has 9 heteroatoms. The first-order valence-electron chi connectivity index (χ1n) is 14.3. The Kier molecular flexibility index (Phi) is 10.6. The summed E-state index contributed by atoms with van der Waals surface area (Å²) in [5.74, 6) is -0.153. The number of hydrogen-bond acceptors (Lipinski definition) is 6.